The Hall–Kier alpha value is -1.59. The molecule has 2 rings (SSSR count). The summed E-state index contributed by atoms with van der Waals surface area (Å²) in [5.74, 6) is 0. The molecule has 0 aliphatic heterocycles. The van der Waals surface area contributed by atoms with Crippen LogP contribution in [0.4, 0.5) is 5.69 Å². The van der Waals surface area contributed by atoms with Crippen LogP contribution < -0.4 is 10.2 Å². The van der Waals surface area contributed by atoms with E-state index in [2.05, 4.69) is 14.3 Å². The van der Waals surface area contributed by atoms with Crippen molar-refractivity contribution in [2.24, 2.45) is 4.74 Å². The van der Waals surface area contributed by atoms with E-state index in [1.807, 2.05) is 82.6 Å². The maximum absolute atomic E-state index is 5.66. The first-order valence-electron chi connectivity index (χ1n) is 7.61. The van der Waals surface area contributed by atoms with E-state index in [0.29, 0.717) is 5.11 Å². The normalized spacial score (nSPS) is 11.6. The average Bonchev–Trinajstić information content (AvgIpc) is 2.59. The lowest BCUT2D eigenvalue weighted by molar-refractivity contribution is 0.572. The van der Waals surface area contributed by atoms with Gasteiger partial charge >= 0.3 is 0 Å². The predicted molar refractivity (Wildman–Crippen MR) is 108 cm³/mol. The smallest absolute Gasteiger partial charge is 0.201 e. The van der Waals surface area contributed by atoms with Crippen molar-refractivity contribution in [3.63, 3.8) is 0 Å². The van der Waals surface area contributed by atoms with Crippen LogP contribution in [0, 0.1) is 0 Å². The summed E-state index contributed by atoms with van der Waals surface area (Å²) in [5, 5.41) is 1.69. The minimum atomic E-state index is -2.15. The molecule has 1 heterocycles. The highest BCUT2D eigenvalue weighted by molar-refractivity contribution is 7.81. The number of hydrogen-bond donors (Lipinski definition) is 0. The molecule has 0 aliphatic rings. The Balaban J connectivity index is 2.55. The molecule has 0 spiro atoms. The summed E-state index contributed by atoms with van der Waals surface area (Å²) in [4.78, 5) is 6.08. The molecule has 1 aromatic heterocycles. The summed E-state index contributed by atoms with van der Waals surface area (Å²) in [7, 11) is 7.98. The third-order valence-corrected chi connectivity index (χ3v) is 7.97. The van der Waals surface area contributed by atoms with E-state index in [1.54, 1.807) is 12.4 Å². The van der Waals surface area contributed by atoms with E-state index >= 15 is 0 Å². The number of anilines is 1. The van der Waals surface area contributed by atoms with Gasteiger partial charge in [-0.1, -0.05) is 18.2 Å². The Bertz CT molecular complexity index is 719. The standard InChI is InChI=1S/C17H24N5PS/c1-20(2)23(21(3)4,16-11-13-18-14-12-16)19-17(24)22(5)15-9-7-6-8-10-15/h6-14H,1-5H3. The van der Waals surface area contributed by atoms with Crippen molar-refractivity contribution in [1.82, 2.24) is 14.3 Å². The van der Waals surface area contributed by atoms with E-state index < -0.39 is 7.36 Å². The van der Waals surface area contributed by atoms with Gasteiger partial charge in [0.2, 0.25) is 5.11 Å². The van der Waals surface area contributed by atoms with Crippen LogP contribution in [0.1, 0.15) is 0 Å². The highest BCUT2D eigenvalue weighted by Gasteiger charge is 2.29. The van der Waals surface area contributed by atoms with Crippen molar-refractivity contribution in [1.29, 1.82) is 0 Å². The van der Waals surface area contributed by atoms with E-state index in [1.165, 1.54) is 0 Å². The van der Waals surface area contributed by atoms with Crippen LogP contribution in [0.15, 0.2) is 59.6 Å². The first-order valence-corrected chi connectivity index (χ1v) is 9.66. The van der Waals surface area contributed by atoms with Crippen LogP contribution >= 0.6 is 19.6 Å². The molecule has 0 bridgehead atoms. The highest BCUT2D eigenvalue weighted by atomic mass is 32.1. The maximum atomic E-state index is 5.66. The number of rotatable bonds is 4. The van der Waals surface area contributed by atoms with E-state index in [0.717, 1.165) is 11.0 Å². The van der Waals surface area contributed by atoms with Gasteiger partial charge in [-0.15, -0.1) is 0 Å². The van der Waals surface area contributed by atoms with Crippen LogP contribution in [0.25, 0.3) is 0 Å². The molecule has 1 aromatic carbocycles. The number of thiocarbonyl (C=S) groups is 1. The topological polar surface area (TPSA) is 35.0 Å². The first-order chi connectivity index (χ1) is 11.4. The fourth-order valence-electron chi connectivity index (χ4n) is 2.55. The van der Waals surface area contributed by atoms with Gasteiger partial charge in [-0.2, -0.15) is 0 Å². The third-order valence-electron chi connectivity index (χ3n) is 3.78. The Morgan fingerprint density at radius 2 is 1.46 bits per heavy atom. The minimum absolute atomic E-state index is 0.564. The number of hydrogen-bond acceptors (Lipinski definition) is 2. The third kappa shape index (κ3) is 3.73. The van der Waals surface area contributed by atoms with Gasteiger partial charge in [0.05, 0.1) is 0 Å². The Kier molecular flexibility index (Phi) is 6.24. The molecule has 0 N–H and O–H groups in total. The fourth-order valence-corrected chi connectivity index (χ4v) is 6.01. The fraction of sp³-hybridized carbons (Fsp3) is 0.294. The molecule has 128 valence electrons. The SMILES string of the molecule is CN(C(=S)N=P(c1ccncc1)(N(C)C)N(C)C)c1ccccc1. The molecule has 2 aromatic rings. The molecule has 0 fully saturated rings. The lowest BCUT2D eigenvalue weighted by Crippen LogP contribution is -2.32. The van der Waals surface area contributed by atoms with Gasteiger partial charge in [0, 0.05) is 30.4 Å². The van der Waals surface area contributed by atoms with Crippen molar-refractivity contribution in [3.8, 4) is 0 Å². The molecule has 0 unspecified atom stereocenters. The average molecular weight is 361 g/mol. The largest absolute Gasteiger partial charge is 0.320 e. The van der Waals surface area contributed by atoms with E-state index in [-0.39, 0.29) is 0 Å². The van der Waals surface area contributed by atoms with Gasteiger partial charge in [0.1, 0.15) is 7.36 Å². The lowest BCUT2D eigenvalue weighted by atomic mass is 10.3. The number of para-hydroxylation sites is 1. The Morgan fingerprint density at radius 3 is 1.96 bits per heavy atom. The van der Waals surface area contributed by atoms with Crippen molar-refractivity contribution < 1.29 is 0 Å². The van der Waals surface area contributed by atoms with E-state index in [9.17, 15) is 0 Å². The first kappa shape index (κ1) is 18.7. The van der Waals surface area contributed by atoms with Gasteiger partial charge in [-0.25, -0.2) is 4.74 Å². The molecule has 0 saturated heterocycles. The van der Waals surface area contributed by atoms with Gasteiger partial charge in [0.25, 0.3) is 0 Å². The summed E-state index contributed by atoms with van der Waals surface area (Å²) < 4.78 is 9.37. The second kappa shape index (κ2) is 7.99. The van der Waals surface area contributed by atoms with Crippen LogP contribution in [-0.4, -0.2) is 54.7 Å². The number of aromatic nitrogens is 1. The predicted octanol–water partition coefficient (Wildman–Crippen LogP) is 3.28. The Labute approximate surface area is 150 Å². The molecule has 7 heteroatoms. The van der Waals surface area contributed by atoms with Crippen molar-refractivity contribution in [2.75, 3.05) is 40.1 Å². The lowest BCUT2D eigenvalue weighted by Gasteiger charge is -2.37. The van der Waals surface area contributed by atoms with Crippen LogP contribution in [0.3, 0.4) is 0 Å². The second-order valence-electron chi connectivity index (χ2n) is 5.75. The van der Waals surface area contributed by atoms with Gasteiger partial charge in [-0.3, -0.25) is 14.3 Å². The molecule has 0 atom stereocenters. The number of nitrogens with zero attached hydrogens (tertiary/aromatic N) is 5. The summed E-state index contributed by atoms with van der Waals surface area (Å²) in [6, 6.07) is 14.1. The van der Waals surface area contributed by atoms with Gasteiger partial charge < -0.3 is 4.90 Å². The monoisotopic (exact) mass is 361 g/mol. The quantitative estimate of drug-likeness (QED) is 0.617. The van der Waals surface area contributed by atoms with Gasteiger partial charge in [0.15, 0.2) is 0 Å². The number of benzene rings is 1. The van der Waals surface area contributed by atoms with Crippen molar-refractivity contribution >= 4 is 35.7 Å². The van der Waals surface area contributed by atoms with Gasteiger partial charge in [-0.05, 0) is 64.7 Å². The Morgan fingerprint density at radius 1 is 0.917 bits per heavy atom. The highest BCUT2D eigenvalue weighted by Crippen LogP contribution is 2.52. The summed E-state index contributed by atoms with van der Waals surface area (Å²) in [5.41, 5.74) is 1.02. The zero-order valence-electron chi connectivity index (χ0n) is 14.8. The minimum Gasteiger partial charge on any atom is -0.320 e. The van der Waals surface area contributed by atoms with E-state index in [4.69, 9.17) is 17.0 Å². The van der Waals surface area contributed by atoms with Crippen molar-refractivity contribution in [3.05, 3.63) is 54.9 Å². The maximum Gasteiger partial charge on any atom is 0.201 e. The van der Waals surface area contributed by atoms with Crippen LogP contribution in [-0.2, 0) is 0 Å². The second-order valence-corrected chi connectivity index (χ2v) is 9.56. The summed E-state index contributed by atoms with van der Waals surface area (Å²) in [6.07, 6.45) is 3.60. The molecule has 0 amide bonds. The zero-order valence-corrected chi connectivity index (χ0v) is 16.5. The molecular formula is C17H24N5PS. The zero-order chi connectivity index (χ0) is 17.7. The molecule has 24 heavy (non-hydrogen) atoms. The summed E-state index contributed by atoms with van der Waals surface area (Å²) in [6.45, 7) is 0. The molecule has 0 aliphatic carbocycles. The molecule has 0 radical (unpaired) electrons. The van der Waals surface area contributed by atoms with Crippen LogP contribution in [0.2, 0.25) is 0 Å². The molecule has 5 nitrogen and oxygen atoms in total. The van der Waals surface area contributed by atoms with Crippen molar-refractivity contribution in [2.45, 2.75) is 0 Å². The number of pyridine rings is 1. The van der Waals surface area contributed by atoms with Crippen LogP contribution in [0.5, 0.6) is 0 Å². The molecular weight excluding hydrogens is 337 g/mol. The molecule has 0 saturated carbocycles. The summed E-state index contributed by atoms with van der Waals surface area (Å²) >= 11 is 5.66.